The summed E-state index contributed by atoms with van der Waals surface area (Å²) in [5, 5.41) is 0. The number of anilines is 1. The number of hydrogen-bond donors (Lipinski definition) is 1. The molecule has 1 aromatic rings. The van der Waals surface area contributed by atoms with Crippen LogP contribution in [0.1, 0.15) is 12.0 Å². The van der Waals surface area contributed by atoms with E-state index in [4.69, 9.17) is 5.73 Å². The number of hydrogen-bond acceptors (Lipinski definition) is 2. The Morgan fingerprint density at radius 1 is 1.39 bits per heavy atom. The van der Waals surface area contributed by atoms with Crippen LogP contribution in [0.5, 0.6) is 0 Å². The average molecular weight is 323 g/mol. The minimum Gasteiger partial charge on any atom is -0.370 e. The van der Waals surface area contributed by atoms with E-state index < -0.39 is 11.7 Å². The summed E-state index contributed by atoms with van der Waals surface area (Å²) >= 11 is 3.22. The lowest BCUT2D eigenvalue weighted by Crippen LogP contribution is -2.23. The molecule has 0 radical (unpaired) electrons. The summed E-state index contributed by atoms with van der Waals surface area (Å²) in [5.74, 6) is 0.430. The van der Waals surface area contributed by atoms with E-state index in [1.165, 1.54) is 6.07 Å². The van der Waals surface area contributed by atoms with Crippen molar-refractivity contribution in [2.75, 3.05) is 24.5 Å². The minimum absolute atomic E-state index is 0.430. The molecular weight excluding hydrogens is 309 g/mol. The molecule has 2 nitrogen and oxygen atoms in total. The van der Waals surface area contributed by atoms with Gasteiger partial charge < -0.3 is 10.6 Å². The Labute approximate surface area is 112 Å². The summed E-state index contributed by atoms with van der Waals surface area (Å²) in [6, 6.07) is 3.77. The number of halogens is 4. The Morgan fingerprint density at radius 3 is 2.61 bits per heavy atom. The van der Waals surface area contributed by atoms with Crippen LogP contribution in [0.2, 0.25) is 0 Å². The third kappa shape index (κ3) is 2.80. The molecule has 0 spiro atoms. The van der Waals surface area contributed by atoms with Crippen LogP contribution in [-0.4, -0.2) is 19.6 Å². The molecule has 18 heavy (non-hydrogen) atoms. The highest BCUT2D eigenvalue weighted by Gasteiger charge is 2.31. The Bertz CT molecular complexity index is 434. The van der Waals surface area contributed by atoms with E-state index in [2.05, 4.69) is 20.8 Å². The van der Waals surface area contributed by atoms with Crippen molar-refractivity contribution in [1.29, 1.82) is 0 Å². The van der Waals surface area contributed by atoms with Crippen molar-refractivity contribution in [1.82, 2.24) is 0 Å². The quantitative estimate of drug-likeness (QED) is 0.905. The van der Waals surface area contributed by atoms with Crippen molar-refractivity contribution >= 4 is 21.6 Å². The lowest BCUT2D eigenvalue weighted by atomic mass is 10.1. The maximum absolute atomic E-state index is 12.5. The monoisotopic (exact) mass is 322 g/mol. The Hall–Kier alpha value is -0.750. The Balaban J connectivity index is 2.21. The van der Waals surface area contributed by atoms with E-state index in [0.717, 1.165) is 37.3 Å². The number of alkyl halides is 3. The maximum Gasteiger partial charge on any atom is 0.416 e. The first-order chi connectivity index (χ1) is 8.41. The normalized spacial score (nSPS) is 20.5. The van der Waals surface area contributed by atoms with Gasteiger partial charge in [-0.2, -0.15) is 13.2 Å². The third-order valence-corrected chi connectivity index (χ3v) is 3.87. The zero-order valence-electron chi connectivity index (χ0n) is 9.67. The molecule has 0 saturated carbocycles. The molecule has 0 aromatic heterocycles. The number of nitrogens with zero attached hydrogens (tertiary/aromatic N) is 1. The highest BCUT2D eigenvalue weighted by Crippen LogP contribution is 2.36. The summed E-state index contributed by atoms with van der Waals surface area (Å²) in [6.07, 6.45) is -3.31. The van der Waals surface area contributed by atoms with E-state index in [-0.39, 0.29) is 0 Å². The first-order valence-electron chi connectivity index (χ1n) is 5.73. The van der Waals surface area contributed by atoms with E-state index in [1.807, 2.05) is 0 Å². The zero-order chi connectivity index (χ0) is 13.3. The summed E-state index contributed by atoms with van der Waals surface area (Å²) in [7, 11) is 0. The van der Waals surface area contributed by atoms with Crippen molar-refractivity contribution in [3.63, 3.8) is 0 Å². The molecule has 1 aromatic carbocycles. The second kappa shape index (κ2) is 5.09. The molecule has 1 saturated heterocycles. The number of rotatable bonds is 2. The number of nitrogens with two attached hydrogens (primary N) is 1. The van der Waals surface area contributed by atoms with Crippen LogP contribution < -0.4 is 10.6 Å². The lowest BCUT2D eigenvalue weighted by molar-refractivity contribution is -0.137. The first-order valence-corrected chi connectivity index (χ1v) is 6.53. The first kappa shape index (κ1) is 13.7. The second-order valence-electron chi connectivity index (χ2n) is 4.50. The van der Waals surface area contributed by atoms with Crippen LogP contribution in [0.3, 0.4) is 0 Å². The van der Waals surface area contributed by atoms with Gasteiger partial charge in [0, 0.05) is 17.6 Å². The average Bonchev–Trinajstić information content (AvgIpc) is 2.76. The van der Waals surface area contributed by atoms with Gasteiger partial charge >= 0.3 is 6.18 Å². The van der Waals surface area contributed by atoms with E-state index in [9.17, 15) is 13.2 Å². The van der Waals surface area contributed by atoms with E-state index in [0.29, 0.717) is 16.9 Å². The molecule has 1 unspecified atom stereocenters. The molecule has 1 aliphatic heterocycles. The fourth-order valence-electron chi connectivity index (χ4n) is 2.18. The van der Waals surface area contributed by atoms with Crippen LogP contribution in [0, 0.1) is 5.92 Å². The molecule has 0 bridgehead atoms. The van der Waals surface area contributed by atoms with Gasteiger partial charge in [0.25, 0.3) is 0 Å². The van der Waals surface area contributed by atoms with Crippen molar-refractivity contribution < 1.29 is 13.2 Å². The van der Waals surface area contributed by atoms with Crippen LogP contribution >= 0.6 is 15.9 Å². The summed E-state index contributed by atoms with van der Waals surface area (Å²) in [4.78, 5) is 2.07. The molecule has 2 rings (SSSR count). The Kier molecular flexibility index (Phi) is 3.87. The molecule has 0 aliphatic carbocycles. The topological polar surface area (TPSA) is 29.3 Å². The smallest absolute Gasteiger partial charge is 0.370 e. The molecule has 1 fully saturated rings. The van der Waals surface area contributed by atoms with Crippen molar-refractivity contribution in [2.24, 2.45) is 11.7 Å². The van der Waals surface area contributed by atoms with Crippen LogP contribution in [0.25, 0.3) is 0 Å². The predicted molar refractivity (Wildman–Crippen MR) is 68.5 cm³/mol. The standard InChI is InChI=1S/C12H14BrF3N2/c13-10-5-9(12(14,15)16)1-2-11(10)18-4-3-8(6-17)7-18/h1-2,5,8H,3-4,6-7,17H2. The molecular formula is C12H14BrF3N2. The molecule has 1 heterocycles. The second-order valence-corrected chi connectivity index (χ2v) is 5.35. The van der Waals surface area contributed by atoms with E-state index in [1.54, 1.807) is 0 Å². The van der Waals surface area contributed by atoms with Gasteiger partial charge in [0.1, 0.15) is 0 Å². The van der Waals surface area contributed by atoms with Crippen molar-refractivity contribution in [2.45, 2.75) is 12.6 Å². The van der Waals surface area contributed by atoms with E-state index >= 15 is 0 Å². The van der Waals surface area contributed by atoms with Gasteiger partial charge in [0.05, 0.1) is 11.3 Å². The zero-order valence-corrected chi connectivity index (χ0v) is 11.3. The molecule has 6 heteroatoms. The summed E-state index contributed by atoms with van der Waals surface area (Å²) in [6.45, 7) is 2.26. The van der Waals surface area contributed by atoms with Crippen LogP contribution in [0.15, 0.2) is 22.7 Å². The van der Waals surface area contributed by atoms with Gasteiger partial charge in [0.15, 0.2) is 0 Å². The van der Waals surface area contributed by atoms with Crippen LogP contribution in [-0.2, 0) is 6.18 Å². The van der Waals surface area contributed by atoms with Gasteiger partial charge in [-0.1, -0.05) is 0 Å². The summed E-state index contributed by atoms with van der Waals surface area (Å²) in [5.41, 5.74) is 5.78. The lowest BCUT2D eigenvalue weighted by Gasteiger charge is -2.21. The fourth-order valence-corrected chi connectivity index (χ4v) is 2.81. The molecule has 1 atom stereocenters. The van der Waals surface area contributed by atoms with Gasteiger partial charge in [-0.25, -0.2) is 0 Å². The molecule has 100 valence electrons. The Morgan fingerprint density at radius 2 is 2.11 bits per heavy atom. The van der Waals surface area contributed by atoms with Crippen molar-refractivity contribution in [3.8, 4) is 0 Å². The van der Waals surface area contributed by atoms with Crippen LogP contribution in [0.4, 0.5) is 18.9 Å². The highest BCUT2D eigenvalue weighted by molar-refractivity contribution is 9.10. The predicted octanol–water partition coefficient (Wildman–Crippen LogP) is 3.25. The summed E-state index contributed by atoms with van der Waals surface area (Å²) < 4.78 is 38.1. The van der Waals surface area contributed by atoms with Gasteiger partial charge in [-0.15, -0.1) is 0 Å². The van der Waals surface area contributed by atoms with Gasteiger partial charge in [-0.05, 0) is 53.0 Å². The maximum atomic E-state index is 12.5. The molecule has 2 N–H and O–H groups in total. The molecule has 1 aliphatic rings. The largest absolute Gasteiger partial charge is 0.416 e. The molecule has 0 amide bonds. The number of benzene rings is 1. The van der Waals surface area contributed by atoms with Crippen molar-refractivity contribution in [3.05, 3.63) is 28.2 Å². The minimum atomic E-state index is -4.30. The van der Waals surface area contributed by atoms with Gasteiger partial charge in [0.2, 0.25) is 0 Å². The van der Waals surface area contributed by atoms with Gasteiger partial charge in [-0.3, -0.25) is 0 Å². The highest BCUT2D eigenvalue weighted by atomic mass is 79.9. The fraction of sp³-hybridized carbons (Fsp3) is 0.500. The third-order valence-electron chi connectivity index (χ3n) is 3.23. The SMILES string of the molecule is NCC1CCN(c2ccc(C(F)(F)F)cc2Br)C1.